The summed E-state index contributed by atoms with van der Waals surface area (Å²) in [4.78, 5) is 16.8. The zero-order valence-corrected chi connectivity index (χ0v) is 17.0. The summed E-state index contributed by atoms with van der Waals surface area (Å²) in [6.07, 6.45) is 8.10. The molecule has 1 aromatic heterocycles. The number of aromatic nitrogens is 2. The fourth-order valence-corrected chi connectivity index (χ4v) is 4.07. The Balaban J connectivity index is 1.50. The molecule has 2 aliphatic heterocycles. The number of rotatable bonds is 3. The van der Waals surface area contributed by atoms with E-state index in [4.69, 9.17) is 4.74 Å². The SMILES string of the molecule is CC(C)(C)OC(=O)N1CCCC1CN1CCC(n2cc(Br)cn2)CC1. The summed E-state index contributed by atoms with van der Waals surface area (Å²) >= 11 is 3.47. The lowest BCUT2D eigenvalue weighted by molar-refractivity contribution is 0.0185. The summed E-state index contributed by atoms with van der Waals surface area (Å²) in [5, 5.41) is 4.42. The maximum Gasteiger partial charge on any atom is 0.410 e. The van der Waals surface area contributed by atoms with Gasteiger partial charge in [0.15, 0.2) is 0 Å². The van der Waals surface area contributed by atoms with Crippen LogP contribution in [-0.2, 0) is 4.74 Å². The van der Waals surface area contributed by atoms with Gasteiger partial charge < -0.3 is 14.5 Å². The average molecular weight is 413 g/mol. The number of hydrogen-bond acceptors (Lipinski definition) is 4. The number of nitrogens with zero attached hydrogens (tertiary/aromatic N) is 4. The minimum Gasteiger partial charge on any atom is -0.444 e. The summed E-state index contributed by atoms with van der Waals surface area (Å²) in [5.41, 5.74) is -0.430. The molecular formula is C18H29BrN4O2. The largest absolute Gasteiger partial charge is 0.444 e. The molecule has 0 aromatic carbocycles. The molecule has 7 heteroatoms. The van der Waals surface area contributed by atoms with E-state index in [1.54, 1.807) is 0 Å². The fourth-order valence-electron chi connectivity index (χ4n) is 3.77. The lowest BCUT2D eigenvalue weighted by Gasteiger charge is -2.36. The molecule has 0 N–H and O–H groups in total. The van der Waals surface area contributed by atoms with Gasteiger partial charge in [-0.15, -0.1) is 0 Å². The van der Waals surface area contributed by atoms with E-state index in [9.17, 15) is 4.79 Å². The summed E-state index contributed by atoms with van der Waals surface area (Å²) in [6, 6.07) is 0.762. The van der Waals surface area contributed by atoms with Crippen LogP contribution in [0.3, 0.4) is 0 Å². The Hall–Kier alpha value is -1.08. The van der Waals surface area contributed by atoms with Crippen LogP contribution in [0, 0.1) is 0 Å². The predicted octanol–water partition coefficient (Wildman–Crippen LogP) is 3.68. The molecule has 0 spiro atoms. The third-order valence-electron chi connectivity index (χ3n) is 4.98. The minimum atomic E-state index is -0.430. The Bertz CT molecular complexity index is 590. The first-order chi connectivity index (χ1) is 11.8. The van der Waals surface area contributed by atoms with Crippen LogP contribution in [0.2, 0.25) is 0 Å². The second-order valence-electron chi connectivity index (χ2n) is 8.14. The standard InChI is InChI=1S/C18H29BrN4O2/c1-18(2,3)25-17(24)22-8-4-5-16(22)13-21-9-6-15(7-10-21)23-12-14(19)11-20-23/h11-12,15-16H,4-10,13H2,1-3H3. The van der Waals surface area contributed by atoms with Crippen molar-refractivity contribution >= 4 is 22.0 Å². The van der Waals surface area contributed by atoms with Gasteiger partial charge in [0, 0.05) is 38.4 Å². The van der Waals surface area contributed by atoms with Crippen LogP contribution < -0.4 is 0 Å². The van der Waals surface area contributed by atoms with Crippen molar-refractivity contribution < 1.29 is 9.53 Å². The molecular weight excluding hydrogens is 384 g/mol. The van der Waals surface area contributed by atoms with Gasteiger partial charge in [0.05, 0.1) is 16.7 Å². The zero-order valence-electron chi connectivity index (χ0n) is 15.4. The first kappa shape index (κ1) is 18.7. The highest BCUT2D eigenvalue weighted by Crippen LogP contribution is 2.26. The lowest BCUT2D eigenvalue weighted by atomic mass is 10.0. The quantitative estimate of drug-likeness (QED) is 0.759. The number of hydrogen-bond donors (Lipinski definition) is 0. The molecule has 0 saturated carbocycles. The molecule has 3 rings (SSSR count). The van der Waals surface area contributed by atoms with E-state index in [0.717, 1.165) is 56.3 Å². The average Bonchev–Trinajstić information content (AvgIpc) is 3.15. The highest BCUT2D eigenvalue weighted by Gasteiger charge is 2.34. The molecule has 3 heterocycles. The smallest absolute Gasteiger partial charge is 0.410 e. The van der Waals surface area contributed by atoms with Crippen LogP contribution >= 0.6 is 15.9 Å². The predicted molar refractivity (Wildman–Crippen MR) is 101 cm³/mol. The van der Waals surface area contributed by atoms with E-state index in [0.29, 0.717) is 6.04 Å². The molecule has 2 aliphatic rings. The van der Waals surface area contributed by atoms with Crippen molar-refractivity contribution in [3.05, 3.63) is 16.9 Å². The molecule has 1 aromatic rings. The van der Waals surface area contributed by atoms with E-state index in [-0.39, 0.29) is 12.1 Å². The molecule has 140 valence electrons. The topological polar surface area (TPSA) is 50.6 Å². The molecule has 1 unspecified atom stereocenters. The Morgan fingerprint density at radius 1 is 1.28 bits per heavy atom. The Kier molecular flexibility index (Phi) is 5.73. The first-order valence-corrected chi connectivity index (χ1v) is 10.0. The second-order valence-corrected chi connectivity index (χ2v) is 9.06. The number of ether oxygens (including phenoxy) is 1. The van der Waals surface area contributed by atoms with Crippen LogP contribution in [-0.4, -0.2) is 63.5 Å². The van der Waals surface area contributed by atoms with Crippen molar-refractivity contribution in [2.45, 2.75) is 64.1 Å². The Morgan fingerprint density at radius 3 is 2.60 bits per heavy atom. The van der Waals surface area contributed by atoms with E-state index in [2.05, 4.69) is 36.8 Å². The van der Waals surface area contributed by atoms with Gasteiger partial charge in [-0.2, -0.15) is 5.10 Å². The summed E-state index contributed by atoms with van der Waals surface area (Å²) in [6.45, 7) is 9.66. The van der Waals surface area contributed by atoms with Gasteiger partial charge in [0.2, 0.25) is 0 Å². The third-order valence-corrected chi connectivity index (χ3v) is 5.38. The van der Waals surface area contributed by atoms with Gasteiger partial charge in [-0.25, -0.2) is 4.79 Å². The fraction of sp³-hybridized carbons (Fsp3) is 0.778. The number of carbonyl (C=O) groups excluding carboxylic acids is 1. The number of likely N-dealkylation sites (tertiary alicyclic amines) is 2. The van der Waals surface area contributed by atoms with Crippen molar-refractivity contribution in [1.29, 1.82) is 0 Å². The van der Waals surface area contributed by atoms with Gasteiger partial charge in [0.1, 0.15) is 5.60 Å². The van der Waals surface area contributed by atoms with Gasteiger partial charge >= 0.3 is 6.09 Å². The Labute approximate surface area is 158 Å². The van der Waals surface area contributed by atoms with Crippen LogP contribution in [0.4, 0.5) is 4.79 Å². The maximum absolute atomic E-state index is 12.4. The summed E-state index contributed by atoms with van der Waals surface area (Å²) in [5.74, 6) is 0. The molecule has 0 aliphatic carbocycles. The van der Waals surface area contributed by atoms with Gasteiger partial charge in [-0.3, -0.25) is 4.68 Å². The highest BCUT2D eigenvalue weighted by atomic mass is 79.9. The molecule has 6 nitrogen and oxygen atoms in total. The van der Waals surface area contributed by atoms with Gasteiger partial charge in [-0.1, -0.05) is 0 Å². The van der Waals surface area contributed by atoms with Crippen LogP contribution in [0.5, 0.6) is 0 Å². The number of carbonyl (C=O) groups is 1. The van der Waals surface area contributed by atoms with Gasteiger partial charge in [-0.05, 0) is 62.4 Å². The van der Waals surface area contributed by atoms with E-state index in [1.165, 1.54) is 0 Å². The minimum absolute atomic E-state index is 0.161. The van der Waals surface area contributed by atoms with Crippen molar-refractivity contribution in [2.24, 2.45) is 0 Å². The zero-order chi connectivity index (χ0) is 18.0. The van der Waals surface area contributed by atoms with E-state index in [1.807, 2.05) is 31.9 Å². The summed E-state index contributed by atoms with van der Waals surface area (Å²) < 4.78 is 8.68. The molecule has 25 heavy (non-hydrogen) atoms. The third kappa shape index (κ3) is 4.97. The summed E-state index contributed by atoms with van der Waals surface area (Å²) in [7, 11) is 0. The van der Waals surface area contributed by atoms with E-state index < -0.39 is 5.60 Å². The Morgan fingerprint density at radius 2 is 2.00 bits per heavy atom. The molecule has 2 saturated heterocycles. The molecule has 1 atom stereocenters. The number of piperidine rings is 1. The van der Waals surface area contributed by atoms with E-state index >= 15 is 0 Å². The first-order valence-electron chi connectivity index (χ1n) is 9.23. The van der Waals surface area contributed by atoms with Crippen LogP contribution in [0.15, 0.2) is 16.9 Å². The van der Waals surface area contributed by atoms with Gasteiger partial charge in [0.25, 0.3) is 0 Å². The van der Waals surface area contributed by atoms with Crippen molar-refractivity contribution in [2.75, 3.05) is 26.2 Å². The molecule has 1 amide bonds. The maximum atomic E-state index is 12.4. The lowest BCUT2D eigenvalue weighted by Crippen LogP contribution is -2.47. The van der Waals surface area contributed by atoms with Crippen molar-refractivity contribution in [3.8, 4) is 0 Å². The molecule has 0 bridgehead atoms. The second kappa shape index (κ2) is 7.66. The molecule has 0 radical (unpaired) electrons. The molecule has 2 fully saturated rings. The number of halogens is 1. The van der Waals surface area contributed by atoms with Crippen molar-refractivity contribution in [1.82, 2.24) is 19.6 Å². The monoisotopic (exact) mass is 412 g/mol. The van der Waals surface area contributed by atoms with Crippen molar-refractivity contribution in [3.63, 3.8) is 0 Å². The van der Waals surface area contributed by atoms with Crippen LogP contribution in [0.25, 0.3) is 0 Å². The van der Waals surface area contributed by atoms with Crippen LogP contribution in [0.1, 0.15) is 52.5 Å². The number of amides is 1. The normalized spacial score (nSPS) is 23.2. The highest BCUT2D eigenvalue weighted by molar-refractivity contribution is 9.10.